The van der Waals surface area contributed by atoms with E-state index in [0.29, 0.717) is 0 Å². The molecule has 0 bridgehead atoms. The zero-order valence-corrected chi connectivity index (χ0v) is 14.3. The number of hydrogen-bond donors (Lipinski definition) is 1. The number of anilines is 1. The van der Waals surface area contributed by atoms with Crippen molar-refractivity contribution >= 4 is 23.5 Å². The number of methoxy groups -OCH3 is 2. The molecule has 27 heavy (non-hydrogen) atoms. The number of alkyl halides is 2. The van der Waals surface area contributed by atoms with Crippen LogP contribution in [0.1, 0.15) is 31.1 Å². The quantitative estimate of drug-likeness (QED) is 0.776. The summed E-state index contributed by atoms with van der Waals surface area (Å²) in [6.45, 7) is -3.10. The number of para-hydroxylation sites is 1. The van der Waals surface area contributed by atoms with E-state index in [9.17, 15) is 23.2 Å². The minimum atomic E-state index is -3.10. The molecule has 0 saturated carbocycles. The van der Waals surface area contributed by atoms with E-state index in [2.05, 4.69) is 19.5 Å². The molecule has 0 saturated heterocycles. The highest BCUT2D eigenvalue weighted by atomic mass is 19.3. The Morgan fingerprint density at radius 3 is 2.00 bits per heavy atom. The van der Waals surface area contributed by atoms with Crippen molar-refractivity contribution in [3.63, 3.8) is 0 Å². The van der Waals surface area contributed by atoms with Gasteiger partial charge in [-0.15, -0.1) is 0 Å². The standard InChI is InChI=1S/C18H15F2NO6/c1-25-16(23)10-7-11(17(24)26-2)9-12(8-10)21-15(22)13-5-3-4-6-14(13)27-18(19)20/h3-9,18H,1-2H3,(H,21,22). The van der Waals surface area contributed by atoms with Gasteiger partial charge in [0, 0.05) is 5.69 Å². The lowest BCUT2D eigenvalue weighted by atomic mass is 10.1. The number of hydrogen-bond acceptors (Lipinski definition) is 6. The molecule has 0 heterocycles. The van der Waals surface area contributed by atoms with Crippen molar-refractivity contribution in [1.82, 2.24) is 0 Å². The van der Waals surface area contributed by atoms with Gasteiger partial charge in [-0.1, -0.05) is 12.1 Å². The maximum Gasteiger partial charge on any atom is 0.387 e. The number of carbonyl (C=O) groups is 3. The Bertz CT molecular complexity index is 834. The monoisotopic (exact) mass is 379 g/mol. The van der Waals surface area contributed by atoms with Crippen LogP contribution in [0.2, 0.25) is 0 Å². The Kier molecular flexibility index (Phi) is 6.42. The smallest absolute Gasteiger partial charge is 0.387 e. The lowest BCUT2D eigenvalue weighted by molar-refractivity contribution is -0.0501. The van der Waals surface area contributed by atoms with Gasteiger partial charge in [-0.2, -0.15) is 8.78 Å². The Hall–Kier alpha value is -3.49. The number of nitrogens with one attached hydrogen (secondary N) is 1. The third-order valence-corrected chi connectivity index (χ3v) is 3.38. The number of carbonyl (C=O) groups excluding carboxylic acids is 3. The molecule has 0 aliphatic carbocycles. The van der Waals surface area contributed by atoms with Crippen LogP contribution in [-0.4, -0.2) is 38.7 Å². The van der Waals surface area contributed by atoms with Gasteiger partial charge in [0.2, 0.25) is 0 Å². The van der Waals surface area contributed by atoms with E-state index in [1.165, 1.54) is 42.5 Å². The molecule has 1 N–H and O–H groups in total. The molecule has 142 valence electrons. The first-order chi connectivity index (χ1) is 12.8. The molecule has 0 spiro atoms. The van der Waals surface area contributed by atoms with Gasteiger partial charge < -0.3 is 19.5 Å². The van der Waals surface area contributed by atoms with Gasteiger partial charge in [-0.3, -0.25) is 4.79 Å². The van der Waals surface area contributed by atoms with Crippen LogP contribution in [0, 0.1) is 0 Å². The van der Waals surface area contributed by atoms with E-state index in [-0.39, 0.29) is 28.1 Å². The molecule has 0 atom stereocenters. The van der Waals surface area contributed by atoms with Crippen molar-refractivity contribution in [2.24, 2.45) is 0 Å². The first kappa shape index (κ1) is 19.8. The maximum atomic E-state index is 12.5. The average molecular weight is 379 g/mol. The zero-order chi connectivity index (χ0) is 20.0. The number of esters is 2. The maximum absolute atomic E-state index is 12.5. The predicted molar refractivity (Wildman–Crippen MR) is 90.1 cm³/mol. The molecule has 2 rings (SSSR count). The molecule has 2 aromatic rings. The average Bonchev–Trinajstić information content (AvgIpc) is 2.66. The Balaban J connectivity index is 2.37. The van der Waals surface area contributed by atoms with Crippen molar-refractivity contribution < 1.29 is 37.4 Å². The van der Waals surface area contributed by atoms with Gasteiger partial charge in [0.1, 0.15) is 5.75 Å². The molecule has 0 unspecified atom stereocenters. The summed E-state index contributed by atoms with van der Waals surface area (Å²) in [7, 11) is 2.31. The number of amides is 1. The molecule has 0 aliphatic heterocycles. The van der Waals surface area contributed by atoms with Crippen LogP contribution in [0.4, 0.5) is 14.5 Å². The fraction of sp³-hybridized carbons (Fsp3) is 0.167. The largest absolute Gasteiger partial charge is 0.465 e. The van der Waals surface area contributed by atoms with E-state index < -0.39 is 24.5 Å². The summed E-state index contributed by atoms with van der Waals surface area (Å²) in [4.78, 5) is 36.0. The zero-order valence-electron chi connectivity index (χ0n) is 14.3. The van der Waals surface area contributed by atoms with Crippen molar-refractivity contribution in [3.05, 3.63) is 59.2 Å². The lowest BCUT2D eigenvalue weighted by Crippen LogP contribution is -2.16. The third-order valence-electron chi connectivity index (χ3n) is 3.38. The van der Waals surface area contributed by atoms with Crippen molar-refractivity contribution in [2.75, 3.05) is 19.5 Å². The highest BCUT2D eigenvalue weighted by Gasteiger charge is 2.18. The van der Waals surface area contributed by atoms with Gasteiger partial charge in [0.25, 0.3) is 5.91 Å². The van der Waals surface area contributed by atoms with Gasteiger partial charge in [0.15, 0.2) is 0 Å². The van der Waals surface area contributed by atoms with Crippen LogP contribution >= 0.6 is 0 Å². The lowest BCUT2D eigenvalue weighted by Gasteiger charge is -2.12. The molecule has 1 amide bonds. The van der Waals surface area contributed by atoms with Crippen LogP contribution in [0.25, 0.3) is 0 Å². The van der Waals surface area contributed by atoms with E-state index in [1.807, 2.05) is 0 Å². The normalized spacial score (nSPS) is 10.3. The highest BCUT2D eigenvalue weighted by Crippen LogP contribution is 2.23. The summed E-state index contributed by atoms with van der Waals surface area (Å²) in [5.74, 6) is -2.57. The number of halogens is 2. The first-order valence-electron chi connectivity index (χ1n) is 7.52. The minimum absolute atomic E-state index is 0.00665. The van der Waals surface area contributed by atoms with Crippen LogP contribution in [0.5, 0.6) is 5.75 Å². The van der Waals surface area contributed by atoms with Crippen LogP contribution < -0.4 is 10.1 Å². The summed E-state index contributed by atoms with van der Waals surface area (Å²) in [5.41, 5.74) is -0.100. The van der Waals surface area contributed by atoms with Crippen LogP contribution in [0.3, 0.4) is 0 Å². The molecular weight excluding hydrogens is 364 g/mol. The van der Waals surface area contributed by atoms with Gasteiger partial charge >= 0.3 is 18.6 Å². The van der Waals surface area contributed by atoms with Crippen LogP contribution in [-0.2, 0) is 9.47 Å². The Labute approximate surface area is 152 Å². The summed E-state index contributed by atoms with van der Waals surface area (Å²) in [5, 5.41) is 2.43. The molecule has 2 aromatic carbocycles. The molecular formula is C18H15F2NO6. The van der Waals surface area contributed by atoms with E-state index in [0.717, 1.165) is 14.2 Å². The van der Waals surface area contributed by atoms with E-state index in [4.69, 9.17) is 0 Å². The van der Waals surface area contributed by atoms with E-state index in [1.54, 1.807) is 0 Å². The second kappa shape index (κ2) is 8.75. The van der Waals surface area contributed by atoms with Gasteiger partial charge in [-0.05, 0) is 30.3 Å². The Morgan fingerprint density at radius 2 is 1.48 bits per heavy atom. The fourth-order valence-electron chi connectivity index (χ4n) is 2.22. The second-order valence-electron chi connectivity index (χ2n) is 5.11. The highest BCUT2D eigenvalue weighted by molar-refractivity contribution is 6.07. The molecule has 7 nitrogen and oxygen atoms in total. The summed E-state index contributed by atoms with van der Waals surface area (Å²) in [6.07, 6.45) is 0. The second-order valence-corrected chi connectivity index (χ2v) is 5.11. The SMILES string of the molecule is COC(=O)c1cc(NC(=O)c2ccccc2OC(F)F)cc(C(=O)OC)c1. The van der Waals surface area contributed by atoms with Gasteiger partial charge in [0.05, 0.1) is 30.9 Å². The molecule has 0 fully saturated rings. The van der Waals surface area contributed by atoms with Crippen molar-refractivity contribution in [3.8, 4) is 5.75 Å². The molecule has 0 aromatic heterocycles. The molecule has 0 radical (unpaired) electrons. The topological polar surface area (TPSA) is 90.9 Å². The first-order valence-corrected chi connectivity index (χ1v) is 7.52. The van der Waals surface area contributed by atoms with Crippen molar-refractivity contribution in [1.29, 1.82) is 0 Å². The van der Waals surface area contributed by atoms with Crippen LogP contribution in [0.15, 0.2) is 42.5 Å². The fourth-order valence-corrected chi connectivity index (χ4v) is 2.22. The van der Waals surface area contributed by atoms with Crippen molar-refractivity contribution in [2.45, 2.75) is 6.61 Å². The van der Waals surface area contributed by atoms with E-state index >= 15 is 0 Å². The molecule has 9 heteroatoms. The third kappa shape index (κ3) is 5.00. The predicted octanol–water partition coefficient (Wildman–Crippen LogP) is 3.11. The van der Waals surface area contributed by atoms with Gasteiger partial charge in [-0.25, -0.2) is 9.59 Å². The minimum Gasteiger partial charge on any atom is -0.465 e. The molecule has 0 aliphatic rings. The summed E-state index contributed by atoms with van der Waals surface area (Å²) < 4.78 is 38.5. The number of benzene rings is 2. The summed E-state index contributed by atoms with van der Waals surface area (Å²) >= 11 is 0. The number of rotatable bonds is 6. The number of ether oxygens (including phenoxy) is 3. The Morgan fingerprint density at radius 1 is 0.926 bits per heavy atom. The summed E-state index contributed by atoms with van der Waals surface area (Å²) in [6, 6.07) is 9.19.